The van der Waals surface area contributed by atoms with Gasteiger partial charge >= 0.3 is 0 Å². The Morgan fingerprint density at radius 3 is 2.80 bits per heavy atom. The predicted octanol–water partition coefficient (Wildman–Crippen LogP) is 1.10. The molecule has 4 nitrogen and oxygen atoms in total. The van der Waals surface area contributed by atoms with E-state index in [-0.39, 0.29) is 0 Å². The fraction of sp³-hybridized carbons (Fsp3) is 0.636. The number of nitrogens with zero attached hydrogens (tertiary/aromatic N) is 3. The second-order valence-corrected chi connectivity index (χ2v) is 4.24. The van der Waals surface area contributed by atoms with Crippen molar-refractivity contribution in [2.45, 2.75) is 38.8 Å². The average Bonchev–Trinajstić information content (AvgIpc) is 3.02. The zero-order valence-electron chi connectivity index (χ0n) is 9.35. The number of nitrogens with two attached hydrogens (primary N) is 1. The van der Waals surface area contributed by atoms with Gasteiger partial charge in [-0.2, -0.15) is 0 Å². The molecular weight excluding hydrogens is 188 g/mol. The first kappa shape index (κ1) is 10.4. The molecule has 15 heavy (non-hydrogen) atoms. The van der Waals surface area contributed by atoms with Crippen LogP contribution in [0.1, 0.15) is 25.5 Å². The van der Waals surface area contributed by atoms with E-state index in [1.807, 2.05) is 13.0 Å². The maximum absolute atomic E-state index is 5.73. The van der Waals surface area contributed by atoms with Crippen LogP contribution in [0.2, 0.25) is 0 Å². The van der Waals surface area contributed by atoms with Gasteiger partial charge in [0.1, 0.15) is 12.1 Å². The van der Waals surface area contributed by atoms with Crippen LogP contribution in [0, 0.1) is 6.92 Å². The van der Waals surface area contributed by atoms with Crippen molar-refractivity contribution >= 4 is 5.82 Å². The molecule has 1 heterocycles. The van der Waals surface area contributed by atoms with Crippen molar-refractivity contribution in [2.24, 2.45) is 5.73 Å². The summed E-state index contributed by atoms with van der Waals surface area (Å²) in [7, 11) is 0. The topological polar surface area (TPSA) is 55.0 Å². The summed E-state index contributed by atoms with van der Waals surface area (Å²) in [5.74, 6) is 1.02. The molecule has 0 spiro atoms. The molecule has 1 aromatic heterocycles. The molecule has 1 unspecified atom stereocenters. The number of anilines is 1. The van der Waals surface area contributed by atoms with Gasteiger partial charge in [0.05, 0.1) is 0 Å². The van der Waals surface area contributed by atoms with E-state index >= 15 is 0 Å². The highest BCUT2D eigenvalue weighted by Crippen LogP contribution is 2.32. The highest BCUT2D eigenvalue weighted by Gasteiger charge is 2.32. The van der Waals surface area contributed by atoms with Crippen molar-refractivity contribution < 1.29 is 0 Å². The average molecular weight is 206 g/mol. The molecule has 1 aromatic rings. The first-order valence-electron chi connectivity index (χ1n) is 5.49. The minimum Gasteiger partial charge on any atom is -0.350 e. The van der Waals surface area contributed by atoms with Crippen molar-refractivity contribution in [3.05, 3.63) is 18.1 Å². The standard InChI is InChI=1S/C11H18N4/c1-8-5-11(14-7-13-8)15(9(2)6-12)10-3-4-10/h5,7,9-10H,3-4,6,12H2,1-2H3. The van der Waals surface area contributed by atoms with Gasteiger partial charge in [-0.15, -0.1) is 0 Å². The van der Waals surface area contributed by atoms with Gasteiger partial charge in [-0.05, 0) is 26.7 Å². The third-order valence-corrected chi connectivity index (χ3v) is 2.81. The Kier molecular flexibility index (Phi) is 2.86. The number of aryl methyl sites for hydroxylation is 1. The molecule has 1 fully saturated rings. The van der Waals surface area contributed by atoms with Crippen LogP contribution < -0.4 is 10.6 Å². The second kappa shape index (κ2) is 4.14. The van der Waals surface area contributed by atoms with Crippen LogP contribution in [0.3, 0.4) is 0 Å². The highest BCUT2D eigenvalue weighted by molar-refractivity contribution is 5.43. The summed E-state index contributed by atoms with van der Waals surface area (Å²) in [6, 6.07) is 3.02. The van der Waals surface area contributed by atoms with E-state index < -0.39 is 0 Å². The molecule has 2 rings (SSSR count). The molecule has 0 radical (unpaired) electrons. The zero-order chi connectivity index (χ0) is 10.8. The van der Waals surface area contributed by atoms with Gasteiger partial charge in [0.2, 0.25) is 0 Å². The van der Waals surface area contributed by atoms with Crippen molar-refractivity contribution in [3.63, 3.8) is 0 Å². The summed E-state index contributed by atoms with van der Waals surface area (Å²) in [5.41, 5.74) is 6.74. The summed E-state index contributed by atoms with van der Waals surface area (Å²) >= 11 is 0. The Morgan fingerprint density at radius 1 is 1.53 bits per heavy atom. The predicted molar refractivity (Wildman–Crippen MR) is 60.8 cm³/mol. The number of rotatable bonds is 4. The lowest BCUT2D eigenvalue weighted by molar-refractivity contribution is 0.628. The Balaban J connectivity index is 2.23. The Labute approximate surface area is 90.5 Å². The van der Waals surface area contributed by atoms with Gasteiger partial charge < -0.3 is 10.6 Å². The molecule has 1 atom stereocenters. The highest BCUT2D eigenvalue weighted by atomic mass is 15.3. The molecule has 1 aliphatic carbocycles. The fourth-order valence-corrected chi connectivity index (χ4v) is 1.82. The monoisotopic (exact) mass is 206 g/mol. The van der Waals surface area contributed by atoms with Crippen LogP contribution in [-0.2, 0) is 0 Å². The lowest BCUT2D eigenvalue weighted by atomic mass is 10.2. The maximum atomic E-state index is 5.73. The van der Waals surface area contributed by atoms with E-state index in [0.29, 0.717) is 18.6 Å². The zero-order valence-corrected chi connectivity index (χ0v) is 9.35. The summed E-state index contributed by atoms with van der Waals surface area (Å²) in [5, 5.41) is 0. The molecule has 0 amide bonds. The van der Waals surface area contributed by atoms with E-state index in [2.05, 4.69) is 21.8 Å². The van der Waals surface area contributed by atoms with Crippen LogP contribution >= 0.6 is 0 Å². The molecule has 82 valence electrons. The Morgan fingerprint density at radius 2 is 2.27 bits per heavy atom. The van der Waals surface area contributed by atoms with Gasteiger partial charge in [-0.3, -0.25) is 0 Å². The molecule has 0 bridgehead atoms. The number of hydrogen-bond acceptors (Lipinski definition) is 4. The van der Waals surface area contributed by atoms with Crippen LogP contribution in [-0.4, -0.2) is 28.6 Å². The minimum atomic E-state index is 0.354. The molecule has 1 saturated carbocycles. The molecule has 0 aromatic carbocycles. The van der Waals surface area contributed by atoms with Crippen molar-refractivity contribution in [2.75, 3.05) is 11.4 Å². The normalized spacial score (nSPS) is 17.5. The Hall–Kier alpha value is -1.16. The molecule has 0 aliphatic heterocycles. The van der Waals surface area contributed by atoms with Crippen LogP contribution in [0.25, 0.3) is 0 Å². The molecular formula is C11H18N4. The van der Waals surface area contributed by atoms with E-state index in [4.69, 9.17) is 5.73 Å². The van der Waals surface area contributed by atoms with Gasteiger partial charge in [-0.1, -0.05) is 0 Å². The largest absolute Gasteiger partial charge is 0.350 e. The van der Waals surface area contributed by atoms with Gasteiger partial charge in [0.25, 0.3) is 0 Å². The molecule has 1 aliphatic rings. The Bertz CT molecular complexity index is 335. The summed E-state index contributed by atoms with van der Waals surface area (Å²) in [4.78, 5) is 10.8. The second-order valence-electron chi connectivity index (χ2n) is 4.24. The lowest BCUT2D eigenvalue weighted by Gasteiger charge is -2.29. The smallest absolute Gasteiger partial charge is 0.132 e. The van der Waals surface area contributed by atoms with E-state index in [1.165, 1.54) is 12.8 Å². The van der Waals surface area contributed by atoms with E-state index in [9.17, 15) is 0 Å². The van der Waals surface area contributed by atoms with Crippen LogP contribution in [0.15, 0.2) is 12.4 Å². The van der Waals surface area contributed by atoms with Crippen LogP contribution in [0.4, 0.5) is 5.82 Å². The van der Waals surface area contributed by atoms with Crippen molar-refractivity contribution in [1.29, 1.82) is 0 Å². The first-order valence-corrected chi connectivity index (χ1v) is 5.49. The maximum Gasteiger partial charge on any atom is 0.132 e. The SMILES string of the molecule is Cc1cc(N(C(C)CN)C2CC2)ncn1. The molecule has 0 saturated heterocycles. The van der Waals surface area contributed by atoms with Crippen molar-refractivity contribution in [1.82, 2.24) is 9.97 Å². The van der Waals surface area contributed by atoms with Crippen molar-refractivity contribution in [3.8, 4) is 0 Å². The van der Waals surface area contributed by atoms with Crippen LogP contribution in [0.5, 0.6) is 0 Å². The van der Waals surface area contributed by atoms with E-state index in [0.717, 1.165) is 11.5 Å². The fourth-order valence-electron chi connectivity index (χ4n) is 1.82. The minimum absolute atomic E-state index is 0.354. The number of hydrogen-bond donors (Lipinski definition) is 1. The van der Waals surface area contributed by atoms with E-state index in [1.54, 1.807) is 6.33 Å². The lowest BCUT2D eigenvalue weighted by Crippen LogP contribution is -2.40. The quantitative estimate of drug-likeness (QED) is 0.801. The number of aromatic nitrogens is 2. The summed E-state index contributed by atoms with van der Waals surface area (Å²) in [6.45, 7) is 4.80. The van der Waals surface area contributed by atoms with Gasteiger partial charge in [0.15, 0.2) is 0 Å². The van der Waals surface area contributed by atoms with Gasteiger partial charge in [-0.25, -0.2) is 9.97 Å². The summed E-state index contributed by atoms with van der Waals surface area (Å²) < 4.78 is 0. The first-order chi connectivity index (χ1) is 7.22. The molecule has 4 heteroatoms. The van der Waals surface area contributed by atoms with Gasteiger partial charge in [0, 0.05) is 30.4 Å². The third-order valence-electron chi connectivity index (χ3n) is 2.81. The molecule has 2 N–H and O–H groups in total. The summed E-state index contributed by atoms with van der Waals surface area (Å²) in [6.07, 6.45) is 4.14. The third kappa shape index (κ3) is 2.26.